The summed E-state index contributed by atoms with van der Waals surface area (Å²) in [5.74, 6) is -1.48. The average molecular weight is 418 g/mol. The maximum atomic E-state index is 9.55. The lowest BCUT2D eigenvalue weighted by atomic mass is 9.81. The van der Waals surface area contributed by atoms with Crippen molar-refractivity contribution in [1.29, 1.82) is 0 Å². The van der Waals surface area contributed by atoms with Crippen LogP contribution in [0.4, 0.5) is 0 Å². The molecule has 8 heteroatoms. The number of carboxylic acids is 2. The standard InChI is InChI=1S/C15H21Cl2NO.C4H4O4/c1-3-19-10-12-9-18(2)7-6-13(12)11-4-5-14(16)15(17)8-11;5-3(6)1-2-4(7)8/h4-5,8,12-13H,3,6-7,9-10H2,1-2H3;1-2H,(H,5,6)(H,7,8)/b;2-1+/t12-,13+;/m0./s1. The Bertz CT molecular complexity index is 650. The summed E-state index contributed by atoms with van der Waals surface area (Å²) in [4.78, 5) is 21.5. The van der Waals surface area contributed by atoms with Crippen molar-refractivity contribution >= 4 is 35.1 Å². The van der Waals surface area contributed by atoms with E-state index >= 15 is 0 Å². The molecule has 1 saturated heterocycles. The fraction of sp³-hybridized carbons (Fsp3) is 0.474. The second-order valence-electron chi connectivity index (χ2n) is 6.26. The molecule has 2 N–H and O–H groups in total. The quantitative estimate of drug-likeness (QED) is 0.684. The molecule has 0 spiro atoms. The van der Waals surface area contributed by atoms with E-state index in [0.717, 1.165) is 32.7 Å². The van der Waals surface area contributed by atoms with Crippen LogP contribution in [0, 0.1) is 5.92 Å². The van der Waals surface area contributed by atoms with Gasteiger partial charge in [0.25, 0.3) is 0 Å². The number of hydrogen-bond donors (Lipinski definition) is 2. The first-order chi connectivity index (χ1) is 12.7. The second kappa shape index (κ2) is 12.0. The highest BCUT2D eigenvalue weighted by Crippen LogP contribution is 2.35. The monoisotopic (exact) mass is 417 g/mol. The zero-order valence-electron chi connectivity index (χ0n) is 15.4. The largest absolute Gasteiger partial charge is 0.478 e. The van der Waals surface area contributed by atoms with E-state index in [0.29, 0.717) is 34.0 Å². The van der Waals surface area contributed by atoms with E-state index in [9.17, 15) is 9.59 Å². The molecule has 1 aromatic carbocycles. The average Bonchev–Trinajstić information content (AvgIpc) is 2.61. The van der Waals surface area contributed by atoms with Crippen LogP contribution >= 0.6 is 23.2 Å². The molecular weight excluding hydrogens is 393 g/mol. The highest BCUT2D eigenvalue weighted by atomic mass is 35.5. The van der Waals surface area contributed by atoms with E-state index in [1.807, 2.05) is 19.1 Å². The van der Waals surface area contributed by atoms with Gasteiger partial charge in [0.05, 0.1) is 16.7 Å². The maximum absolute atomic E-state index is 9.55. The van der Waals surface area contributed by atoms with Crippen LogP contribution in [0.25, 0.3) is 0 Å². The first-order valence-corrected chi connectivity index (χ1v) is 9.35. The van der Waals surface area contributed by atoms with Crippen molar-refractivity contribution in [3.05, 3.63) is 46.0 Å². The van der Waals surface area contributed by atoms with Crippen molar-refractivity contribution in [2.45, 2.75) is 19.3 Å². The summed E-state index contributed by atoms with van der Waals surface area (Å²) in [5, 5.41) is 16.9. The molecule has 2 rings (SSSR count). The lowest BCUT2D eigenvalue weighted by Crippen LogP contribution is -2.39. The molecule has 0 radical (unpaired) electrons. The number of carbonyl (C=O) groups is 2. The molecule has 0 saturated carbocycles. The third-order valence-electron chi connectivity index (χ3n) is 4.21. The molecule has 0 amide bonds. The first-order valence-electron chi connectivity index (χ1n) is 8.59. The number of ether oxygens (including phenoxy) is 1. The van der Waals surface area contributed by atoms with Gasteiger partial charge in [-0.2, -0.15) is 0 Å². The van der Waals surface area contributed by atoms with Gasteiger partial charge in [-0.25, -0.2) is 9.59 Å². The van der Waals surface area contributed by atoms with Gasteiger partial charge in [-0.3, -0.25) is 0 Å². The molecule has 1 aliphatic heterocycles. The van der Waals surface area contributed by atoms with Crippen molar-refractivity contribution in [3.8, 4) is 0 Å². The molecule has 2 atom stereocenters. The minimum atomic E-state index is -1.26. The SMILES string of the molecule is CCOC[C@@H]1CN(C)CC[C@@H]1c1ccc(Cl)c(Cl)c1.O=C(O)/C=C/C(=O)O. The number of benzene rings is 1. The topological polar surface area (TPSA) is 87.1 Å². The van der Waals surface area contributed by atoms with Gasteiger partial charge >= 0.3 is 11.9 Å². The zero-order chi connectivity index (χ0) is 20.4. The fourth-order valence-corrected chi connectivity index (χ4v) is 3.28. The molecule has 1 fully saturated rings. The second-order valence-corrected chi connectivity index (χ2v) is 7.07. The number of nitrogens with zero attached hydrogens (tertiary/aromatic N) is 1. The Balaban J connectivity index is 0.000000387. The van der Waals surface area contributed by atoms with Gasteiger partial charge in [0, 0.05) is 31.2 Å². The summed E-state index contributed by atoms with van der Waals surface area (Å²) in [6.45, 7) is 5.82. The molecule has 0 aliphatic carbocycles. The van der Waals surface area contributed by atoms with Crippen LogP contribution in [0.5, 0.6) is 0 Å². The summed E-state index contributed by atoms with van der Waals surface area (Å²) in [7, 11) is 2.17. The van der Waals surface area contributed by atoms with Crippen molar-refractivity contribution in [3.63, 3.8) is 0 Å². The van der Waals surface area contributed by atoms with Crippen LogP contribution < -0.4 is 0 Å². The summed E-state index contributed by atoms with van der Waals surface area (Å²) in [6.07, 6.45) is 2.26. The van der Waals surface area contributed by atoms with Crippen LogP contribution in [0.3, 0.4) is 0 Å². The van der Waals surface area contributed by atoms with Gasteiger partial charge in [-0.1, -0.05) is 29.3 Å². The number of aliphatic carboxylic acids is 2. The van der Waals surface area contributed by atoms with E-state index in [4.69, 9.17) is 38.2 Å². The summed E-state index contributed by atoms with van der Waals surface area (Å²) >= 11 is 12.1. The van der Waals surface area contributed by atoms with Crippen LogP contribution in [0.1, 0.15) is 24.8 Å². The zero-order valence-corrected chi connectivity index (χ0v) is 16.9. The van der Waals surface area contributed by atoms with Crippen molar-refractivity contribution in [2.24, 2.45) is 5.92 Å². The number of rotatable bonds is 6. The highest BCUT2D eigenvalue weighted by molar-refractivity contribution is 6.42. The summed E-state index contributed by atoms with van der Waals surface area (Å²) < 4.78 is 5.64. The van der Waals surface area contributed by atoms with E-state index in [2.05, 4.69) is 18.0 Å². The fourth-order valence-electron chi connectivity index (χ4n) is 2.98. The van der Waals surface area contributed by atoms with Gasteiger partial charge in [-0.05, 0) is 50.6 Å². The van der Waals surface area contributed by atoms with Crippen molar-refractivity contribution < 1.29 is 24.5 Å². The normalized spacial score (nSPS) is 20.1. The Morgan fingerprint density at radius 1 is 1.22 bits per heavy atom. The van der Waals surface area contributed by atoms with E-state index < -0.39 is 11.9 Å². The molecule has 0 aromatic heterocycles. The van der Waals surface area contributed by atoms with Crippen LogP contribution in [0.15, 0.2) is 30.4 Å². The lowest BCUT2D eigenvalue weighted by Gasteiger charge is -2.37. The van der Waals surface area contributed by atoms with Gasteiger partial charge < -0.3 is 19.8 Å². The molecule has 1 aromatic rings. The number of hydrogen-bond acceptors (Lipinski definition) is 4. The van der Waals surface area contributed by atoms with Crippen molar-refractivity contribution in [2.75, 3.05) is 33.4 Å². The first kappa shape index (κ1) is 23.4. The summed E-state index contributed by atoms with van der Waals surface area (Å²) in [5.41, 5.74) is 1.28. The Hall–Kier alpha value is -1.60. The van der Waals surface area contributed by atoms with Crippen LogP contribution in [-0.4, -0.2) is 60.4 Å². The Kier molecular flexibility index (Phi) is 10.4. The minimum absolute atomic E-state index is 0.512. The minimum Gasteiger partial charge on any atom is -0.478 e. The molecule has 1 aliphatic rings. The van der Waals surface area contributed by atoms with Gasteiger partial charge in [0.1, 0.15) is 0 Å². The van der Waals surface area contributed by atoms with E-state index in [1.54, 1.807) is 0 Å². The third-order valence-corrected chi connectivity index (χ3v) is 4.95. The van der Waals surface area contributed by atoms with Crippen LogP contribution in [-0.2, 0) is 14.3 Å². The molecule has 1 heterocycles. The number of likely N-dealkylation sites (tertiary alicyclic amines) is 1. The van der Waals surface area contributed by atoms with E-state index in [-0.39, 0.29) is 0 Å². The Labute approximate surface area is 169 Å². The van der Waals surface area contributed by atoms with Gasteiger partial charge in [-0.15, -0.1) is 0 Å². The third kappa shape index (κ3) is 8.75. The van der Waals surface area contributed by atoms with Gasteiger partial charge in [0.2, 0.25) is 0 Å². The maximum Gasteiger partial charge on any atom is 0.328 e. The predicted molar refractivity (Wildman–Crippen MR) is 106 cm³/mol. The van der Waals surface area contributed by atoms with Gasteiger partial charge in [0.15, 0.2) is 0 Å². The number of piperidine rings is 1. The summed E-state index contributed by atoms with van der Waals surface area (Å²) in [6, 6.07) is 6.01. The Morgan fingerprint density at radius 2 is 1.85 bits per heavy atom. The number of halogens is 2. The molecule has 6 nitrogen and oxygen atoms in total. The van der Waals surface area contributed by atoms with Crippen LogP contribution in [0.2, 0.25) is 10.0 Å². The molecule has 0 bridgehead atoms. The molecule has 27 heavy (non-hydrogen) atoms. The Morgan fingerprint density at radius 3 is 2.37 bits per heavy atom. The lowest BCUT2D eigenvalue weighted by molar-refractivity contribution is -0.134. The molecule has 0 unspecified atom stereocenters. The number of carboxylic acid groups (broad SMARTS) is 2. The highest BCUT2D eigenvalue weighted by Gasteiger charge is 2.29. The van der Waals surface area contributed by atoms with E-state index in [1.165, 1.54) is 5.56 Å². The smallest absolute Gasteiger partial charge is 0.328 e. The molecular formula is C19H25Cl2NO5. The molecule has 150 valence electrons. The van der Waals surface area contributed by atoms with Crippen molar-refractivity contribution in [1.82, 2.24) is 4.90 Å². The predicted octanol–water partition coefficient (Wildman–Crippen LogP) is 3.78.